The van der Waals surface area contributed by atoms with Crippen molar-refractivity contribution in [3.8, 4) is 5.69 Å². The fourth-order valence-corrected chi connectivity index (χ4v) is 4.16. The molecule has 7 nitrogen and oxygen atoms in total. The lowest BCUT2D eigenvalue weighted by atomic mass is 10.1. The monoisotopic (exact) mass is 420 g/mol. The number of carbonyl (C=O) groups is 1. The summed E-state index contributed by atoms with van der Waals surface area (Å²) in [5.74, 6) is -0.274. The fraction of sp³-hybridized carbons (Fsp3) is 0.375. The van der Waals surface area contributed by atoms with Crippen LogP contribution in [0, 0.1) is 0 Å². The van der Waals surface area contributed by atoms with Gasteiger partial charge in [0.15, 0.2) is 5.69 Å². The molecule has 1 aromatic heterocycles. The second kappa shape index (κ2) is 9.41. The molecule has 0 aliphatic carbocycles. The van der Waals surface area contributed by atoms with Gasteiger partial charge in [-0.05, 0) is 38.5 Å². The molecule has 162 valence electrons. The number of fused-ring (bicyclic) bond motifs is 1. The average molecular weight is 421 g/mol. The summed E-state index contributed by atoms with van der Waals surface area (Å²) in [6, 6.07) is 16.3. The highest BCUT2D eigenvalue weighted by molar-refractivity contribution is 6.04. The lowest BCUT2D eigenvalue weighted by Gasteiger charge is -2.35. The zero-order valence-electron chi connectivity index (χ0n) is 18.0. The lowest BCUT2D eigenvalue weighted by molar-refractivity contribution is -0.0680. The van der Waals surface area contributed by atoms with Crippen LogP contribution in [0.4, 0.5) is 0 Å². The topological polar surface area (TPSA) is 76.5 Å². The van der Waals surface area contributed by atoms with Crippen LogP contribution >= 0.6 is 0 Å². The summed E-state index contributed by atoms with van der Waals surface area (Å²) in [4.78, 5) is 28.3. The van der Waals surface area contributed by atoms with Gasteiger partial charge >= 0.3 is 0 Å². The van der Waals surface area contributed by atoms with Crippen LogP contribution in [0.5, 0.6) is 0 Å². The number of ether oxygens (including phenoxy) is 1. The minimum absolute atomic E-state index is 0.230. The molecule has 0 radical (unpaired) electrons. The molecule has 0 saturated carbocycles. The summed E-state index contributed by atoms with van der Waals surface area (Å²) < 4.78 is 7.07. The number of hydrogen-bond acceptors (Lipinski definition) is 5. The van der Waals surface area contributed by atoms with E-state index in [9.17, 15) is 9.59 Å². The normalized spacial score (nSPS) is 19.4. The van der Waals surface area contributed by atoms with Crippen molar-refractivity contribution in [2.45, 2.75) is 32.5 Å². The molecule has 3 aromatic rings. The molecule has 1 aliphatic heterocycles. The Kier molecular flexibility index (Phi) is 6.44. The summed E-state index contributed by atoms with van der Waals surface area (Å²) in [5, 5.41) is 8.44. The van der Waals surface area contributed by atoms with Gasteiger partial charge in [-0.25, -0.2) is 0 Å². The maximum atomic E-state index is 13.0. The highest BCUT2D eigenvalue weighted by atomic mass is 16.5. The molecule has 1 fully saturated rings. The molecule has 4 rings (SSSR count). The van der Waals surface area contributed by atoms with Crippen molar-refractivity contribution in [3.63, 3.8) is 0 Å². The Morgan fingerprint density at radius 1 is 1.03 bits per heavy atom. The maximum absolute atomic E-state index is 13.0. The van der Waals surface area contributed by atoms with E-state index in [2.05, 4.69) is 29.2 Å². The largest absolute Gasteiger partial charge is 0.373 e. The Hall–Kier alpha value is -3.03. The molecular formula is C24H28N4O3. The van der Waals surface area contributed by atoms with Crippen LogP contribution in [0.1, 0.15) is 30.8 Å². The van der Waals surface area contributed by atoms with Gasteiger partial charge in [0.1, 0.15) is 0 Å². The van der Waals surface area contributed by atoms with Gasteiger partial charge in [-0.2, -0.15) is 9.78 Å². The van der Waals surface area contributed by atoms with Gasteiger partial charge in [-0.1, -0.05) is 36.4 Å². The minimum atomic E-state index is -0.274. The number of para-hydroxylation sites is 1. The lowest BCUT2D eigenvalue weighted by Crippen LogP contribution is -2.46. The number of hydrogen-bond donors (Lipinski definition) is 1. The number of carbonyl (C=O) groups excluding carboxylic acids is 1. The molecule has 0 spiro atoms. The average Bonchev–Trinajstić information content (AvgIpc) is 2.77. The van der Waals surface area contributed by atoms with Crippen LogP contribution in [0.15, 0.2) is 59.4 Å². The van der Waals surface area contributed by atoms with Crippen molar-refractivity contribution < 1.29 is 9.53 Å². The zero-order valence-corrected chi connectivity index (χ0v) is 18.0. The molecule has 1 saturated heterocycles. The molecule has 2 heterocycles. The third-order valence-electron chi connectivity index (χ3n) is 5.45. The molecule has 2 aromatic carbocycles. The highest BCUT2D eigenvalue weighted by Crippen LogP contribution is 2.15. The molecular weight excluding hydrogens is 392 g/mol. The first-order chi connectivity index (χ1) is 15.0. The summed E-state index contributed by atoms with van der Waals surface area (Å²) in [6.07, 6.45) is 1.29. The van der Waals surface area contributed by atoms with Crippen molar-refractivity contribution >= 4 is 16.7 Å². The van der Waals surface area contributed by atoms with E-state index in [0.29, 0.717) is 23.0 Å². The standard InChI is InChI=1S/C24H28N4O3/c1-17-15-27(16-18(2)31-17)14-8-13-25-23(29)22-20-11-6-7-12-21(20)24(30)28(26-22)19-9-4-3-5-10-19/h3-7,9-12,17-18H,8,13-16H2,1-2H3,(H,25,29)/t17-,18-/m0/s1. The van der Waals surface area contributed by atoms with Crippen molar-refractivity contribution in [1.29, 1.82) is 0 Å². The van der Waals surface area contributed by atoms with Gasteiger partial charge in [-0.3, -0.25) is 14.5 Å². The van der Waals surface area contributed by atoms with Crippen LogP contribution in [-0.2, 0) is 4.74 Å². The Labute approximate surface area is 181 Å². The van der Waals surface area contributed by atoms with E-state index in [1.54, 1.807) is 30.3 Å². The van der Waals surface area contributed by atoms with E-state index in [1.165, 1.54) is 4.68 Å². The van der Waals surface area contributed by atoms with Crippen molar-refractivity contribution in [2.24, 2.45) is 0 Å². The molecule has 31 heavy (non-hydrogen) atoms. The third-order valence-corrected chi connectivity index (χ3v) is 5.45. The van der Waals surface area contributed by atoms with Crippen LogP contribution in [0.3, 0.4) is 0 Å². The van der Waals surface area contributed by atoms with Crippen molar-refractivity contribution in [3.05, 3.63) is 70.6 Å². The summed E-state index contributed by atoms with van der Waals surface area (Å²) in [7, 11) is 0. The molecule has 0 unspecified atom stereocenters. The molecule has 2 atom stereocenters. The van der Waals surface area contributed by atoms with Crippen molar-refractivity contribution in [1.82, 2.24) is 20.0 Å². The maximum Gasteiger partial charge on any atom is 0.279 e. The van der Waals surface area contributed by atoms with E-state index < -0.39 is 0 Å². The minimum Gasteiger partial charge on any atom is -0.373 e. The molecule has 1 N–H and O–H groups in total. The zero-order chi connectivity index (χ0) is 21.8. The Morgan fingerprint density at radius 2 is 1.68 bits per heavy atom. The number of nitrogens with zero attached hydrogens (tertiary/aromatic N) is 3. The number of nitrogens with one attached hydrogen (secondary N) is 1. The number of rotatable bonds is 6. The first-order valence-corrected chi connectivity index (χ1v) is 10.8. The first-order valence-electron chi connectivity index (χ1n) is 10.8. The highest BCUT2D eigenvalue weighted by Gasteiger charge is 2.22. The second-order valence-electron chi connectivity index (χ2n) is 8.07. The van der Waals surface area contributed by atoms with Gasteiger partial charge < -0.3 is 10.1 Å². The predicted molar refractivity (Wildman–Crippen MR) is 121 cm³/mol. The fourth-order valence-electron chi connectivity index (χ4n) is 4.16. The van der Waals surface area contributed by atoms with Crippen molar-refractivity contribution in [2.75, 3.05) is 26.2 Å². The van der Waals surface area contributed by atoms with Crippen LogP contribution < -0.4 is 10.9 Å². The molecule has 0 bridgehead atoms. The van der Waals surface area contributed by atoms with Crippen LogP contribution in [-0.4, -0.2) is 59.0 Å². The third kappa shape index (κ3) is 4.84. The molecule has 7 heteroatoms. The predicted octanol–water partition coefficient (Wildman–Crippen LogP) is 2.61. The Bertz CT molecular complexity index is 1100. The Balaban J connectivity index is 1.50. The van der Waals surface area contributed by atoms with Gasteiger partial charge in [0.05, 0.1) is 23.3 Å². The Morgan fingerprint density at radius 3 is 2.39 bits per heavy atom. The van der Waals surface area contributed by atoms with Gasteiger partial charge in [-0.15, -0.1) is 0 Å². The van der Waals surface area contributed by atoms with Gasteiger partial charge in [0, 0.05) is 31.6 Å². The summed E-state index contributed by atoms with van der Waals surface area (Å²) >= 11 is 0. The van der Waals surface area contributed by atoms with Crippen LogP contribution in [0.25, 0.3) is 16.5 Å². The van der Waals surface area contributed by atoms with Gasteiger partial charge in [0.2, 0.25) is 0 Å². The van der Waals surface area contributed by atoms with Gasteiger partial charge in [0.25, 0.3) is 11.5 Å². The van der Waals surface area contributed by atoms with E-state index in [4.69, 9.17) is 4.74 Å². The second-order valence-corrected chi connectivity index (χ2v) is 8.07. The smallest absolute Gasteiger partial charge is 0.279 e. The molecule has 1 aliphatic rings. The summed E-state index contributed by atoms with van der Waals surface area (Å²) in [6.45, 7) is 7.43. The number of morpholine rings is 1. The number of benzene rings is 2. The first kappa shape index (κ1) is 21.2. The number of amides is 1. The van der Waals surface area contributed by atoms with E-state index in [-0.39, 0.29) is 29.4 Å². The summed E-state index contributed by atoms with van der Waals surface area (Å²) in [5.41, 5.74) is 0.643. The molecule has 1 amide bonds. The van der Waals surface area contributed by atoms with E-state index >= 15 is 0 Å². The SMILES string of the molecule is C[C@H]1CN(CCCNC(=O)c2nn(-c3ccccc3)c(=O)c3ccccc23)C[C@H](C)O1. The van der Waals surface area contributed by atoms with E-state index in [1.807, 2.05) is 24.3 Å². The van der Waals surface area contributed by atoms with E-state index in [0.717, 1.165) is 26.1 Å². The number of aromatic nitrogens is 2. The quantitative estimate of drug-likeness (QED) is 0.621. The van der Waals surface area contributed by atoms with Crippen LogP contribution in [0.2, 0.25) is 0 Å².